The fraction of sp³-hybridized carbons (Fsp3) is 0.211. The lowest BCUT2D eigenvalue weighted by Gasteiger charge is -2.38. The maximum Gasteiger partial charge on any atom is 0.337 e. The van der Waals surface area contributed by atoms with Crippen molar-refractivity contribution in [1.29, 1.82) is 0 Å². The van der Waals surface area contributed by atoms with Crippen LogP contribution in [0.1, 0.15) is 39.9 Å². The number of carboxylic acids is 1. The zero-order valence-electron chi connectivity index (χ0n) is 12.8. The molecule has 2 aromatic carbocycles. The summed E-state index contributed by atoms with van der Waals surface area (Å²) in [4.78, 5) is 22.2. The molecule has 1 aliphatic carbocycles. The molecule has 0 bridgehead atoms. The van der Waals surface area contributed by atoms with E-state index >= 15 is 0 Å². The quantitative estimate of drug-likeness (QED) is 0.639. The van der Waals surface area contributed by atoms with Gasteiger partial charge in [0.1, 0.15) is 5.69 Å². The van der Waals surface area contributed by atoms with E-state index < -0.39 is 5.97 Å². The van der Waals surface area contributed by atoms with Gasteiger partial charge >= 0.3 is 5.97 Å². The minimum atomic E-state index is -0.931. The van der Waals surface area contributed by atoms with Crippen molar-refractivity contribution >= 4 is 17.3 Å². The van der Waals surface area contributed by atoms with Crippen molar-refractivity contribution < 1.29 is 9.90 Å². The molecule has 24 heavy (non-hydrogen) atoms. The molecule has 0 saturated carbocycles. The van der Waals surface area contributed by atoms with Gasteiger partial charge in [0.05, 0.1) is 17.3 Å². The van der Waals surface area contributed by atoms with Gasteiger partial charge in [0.25, 0.3) is 0 Å². The van der Waals surface area contributed by atoms with Gasteiger partial charge in [0.15, 0.2) is 0 Å². The van der Waals surface area contributed by atoms with Crippen LogP contribution in [0, 0.1) is 10.8 Å². The van der Waals surface area contributed by atoms with Gasteiger partial charge in [0, 0.05) is 5.92 Å². The van der Waals surface area contributed by atoms with Crippen LogP contribution in [0.15, 0.2) is 59.8 Å². The number of fused-ring (bicyclic) bond motifs is 3. The predicted octanol–water partition coefficient (Wildman–Crippen LogP) is 4.61. The minimum Gasteiger partial charge on any atom is -0.478 e. The zero-order valence-corrected chi connectivity index (χ0v) is 12.8. The third-order valence-electron chi connectivity index (χ3n) is 4.98. The maximum atomic E-state index is 11.6. The van der Waals surface area contributed by atoms with Crippen LogP contribution in [-0.2, 0) is 0 Å². The van der Waals surface area contributed by atoms with Crippen LogP contribution >= 0.6 is 0 Å². The van der Waals surface area contributed by atoms with E-state index in [-0.39, 0.29) is 12.0 Å². The first-order valence-corrected chi connectivity index (χ1v) is 7.92. The highest BCUT2D eigenvalue weighted by molar-refractivity contribution is 5.95. The highest BCUT2D eigenvalue weighted by Gasteiger charge is 2.39. The Labute approximate surface area is 139 Å². The average molecular weight is 320 g/mol. The van der Waals surface area contributed by atoms with E-state index in [2.05, 4.69) is 22.6 Å². The standard InChI is InChI=1S/C19H16N2O3/c22-19(23)16-6-2-5-15-13-3-1-4-14(13)17(20-18(15)16)11-7-9-12(21-24)10-8-11/h1-3,5-10,13-14,17,20H,4H2,(H,22,23). The van der Waals surface area contributed by atoms with Gasteiger partial charge in [-0.3, -0.25) is 0 Å². The zero-order chi connectivity index (χ0) is 16.7. The molecule has 2 N–H and O–H groups in total. The molecule has 0 saturated heterocycles. The molecule has 0 radical (unpaired) electrons. The Hall–Kier alpha value is -2.95. The largest absolute Gasteiger partial charge is 0.478 e. The molecule has 0 amide bonds. The molecule has 3 atom stereocenters. The summed E-state index contributed by atoms with van der Waals surface area (Å²) in [5.41, 5.74) is 3.45. The number of para-hydroxylation sites is 1. The molecule has 5 heteroatoms. The van der Waals surface area contributed by atoms with E-state index in [0.717, 1.165) is 17.5 Å². The number of benzene rings is 2. The van der Waals surface area contributed by atoms with Crippen LogP contribution in [0.4, 0.5) is 11.4 Å². The maximum absolute atomic E-state index is 11.6. The molecule has 5 nitrogen and oxygen atoms in total. The number of aromatic carboxylic acids is 1. The van der Waals surface area contributed by atoms with Crippen LogP contribution in [0.5, 0.6) is 0 Å². The molecular weight excluding hydrogens is 304 g/mol. The average Bonchev–Trinajstić information content (AvgIpc) is 3.10. The topological polar surface area (TPSA) is 78.8 Å². The fourth-order valence-electron chi connectivity index (χ4n) is 3.87. The van der Waals surface area contributed by atoms with Gasteiger partial charge in [-0.1, -0.05) is 36.4 Å². The molecule has 4 rings (SSSR count). The number of nitrogens with one attached hydrogen (secondary N) is 1. The number of allylic oxidation sites excluding steroid dienone is 2. The second-order valence-electron chi connectivity index (χ2n) is 6.23. The number of anilines is 1. The summed E-state index contributed by atoms with van der Waals surface area (Å²) in [6, 6.07) is 12.6. The Kier molecular flexibility index (Phi) is 3.41. The van der Waals surface area contributed by atoms with Crippen LogP contribution in [0.3, 0.4) is 0 Å². The van der Waals surface area contributed by atoms with Crippen LogP contribution in [-0.4, -0.2) is 11.1 Å². The van der Waals surface area contributed by atoms with Crippen molar-refractivity contribution in [2.75, 3.05) is 5.32 Å². The predicted molar refractivity (Wildman–Crippen MR) is 91.7 cm³/mol. The molecule has 0 aromatic heterocycles. The number of carboxylic acid groups (broad SMARTS) is 1. The van der Waals surface area contributed by atoms with Crippen molar-refractivity contribution in [2.24, 2.45) is 11.1 Å². The van der Waals surface area contributed by atoms with Gasteiger partial charge in [0.2, 0.25) is 0 Å². The normalized spacial score (nSPS) is 23.9. The summed E-state index contributed by atoms with van der Waals surface area (Å²) in [5.74, 6) is -0.398. The molecule has 0 spiro atoms. The highest BCUT2D eigenvalue weighted by Crippen LogP contribution is 2.50. The number of hydrogen-bond donors (Lipinski definition) is 2. The van der Waals surface area contributed by atoms with Gasteiger partial charge in [-0.2, -0.15) is 0 Å². The number of hydrogen-bond acceptors (Lipinski definition) is 4. The van der Waals surface area contributed by atoms with Gasteiger partial charge in [-0.05, 0) is 46.8 Å². The number of nitrogens with zero attached hydrogens (tertiary/aromatic N) is 1. The van der Waals surface area contributed by atoms with Gasteiger partial charge in [-0.15, -0.1) is 4.91 Å². The van der Waals surface area contributed by atoms with Gasteiger partial charge < -0.3 is 10.4 Å². The smallest absolute Gasteiger partial charge is 0.337 e. The van der Waals surface area contributed by atoms with E-state index in [4.69, 9.17) is 0 Å². The second kappa shape index (κ2) is 5.60. The van der Waals surface area contributed by atoms with E-state index in [1.165, 1.54) is 0 Å². The molecule has 120 valence electrons. The Morgan fingerprint density at radius 3 is 2.67 bits per heavy atom. The van der Waals surface area contributed by atoms with E-state index in [1.807, 2.05) is 18.2 Å². The molecule has 2 aromatic rings. The lowest BCUT2D eigenvalue weighted by molar-refractivity contribution is 0.0697. The molecule has 1 heterocycles. The van der Waals surface area contributed by atoms with Crippen molar-refractivity contribution in [2.45, 2.75) is 18.4 Å². The van der Waals surface area contributed by atoms with E-state index in [0.29, 0.717) is 22.9 Å². The molecule has 0 fully saturated rings. The monoisotopic (exact) mass is 320 g/mol. The van der Waals surface area contributed by atoms with Crippen molar-refractivity contribution in [3.8, 4) is 0 Å². The first kappa shape index (κ1) is 14.6. The first-order valence-electron chi connectivity index (χ1n) is 7.92. The molecule has 3 unspecified atom stereocenters. The summed E-state index contributed by atoms with van der Waals surface area (Å²) in [6.07, 6.45) is 5.27. The van der Waals surface area contributed by atoms with E-state index in [9.17, 15) is 14.8 Å². The van der Waals surface area contributed by atoms with Crippen molar-refractivity contribution in [3.63, 3.8) is 0 Å². The number of nitroso groups, excluding NO2 is 1. The summed E-state index contributed by atoms with van der Waals surface area (Å²) in [5, 5.41) is 15.9. The Bertz CT molecular complexity index is 842. The summed E-state index contributed by atoms with van der Waals surface area (Å²) in [6.45, 7) is 0. The van der Waals surface area contributed by atoms with Gasteiger partial charge in [-0.25, -0.2) is 4.79 Å². The van der Waals surface area contributed by atoms with Crippen molar-refractivity contribution in [3.05, 3.63) is 76.2 Å². The Balaban J connectivity index is 1.81. The highest BCUT2D eigenvalue weighted by atomic mass is 16.4. The SMILES string of the molecule is O=Nc1ccc(C2Nc3c(C(=O)O)cccc3C3C=CCC32)cc1. The third-order valence-corrected chi connectivity index (χ3v) is 4.98. The minimum absolute atomic E-state index is 0.00120. The first-order chi connectivity index (χ1) is 11.7. The van der Waals surface area contributed by atoms with Crippen molar-refractivity contribution in [1.82, 2.24) is 0 Å². The lowest BCUT2D eigenvalue weighted by Crippen LogP contribution is -2.30. The second-order valence-corrected chi connectivity index (χ2v) is 6.23. The van der Waals surface area contributed by atoms with Crippen LogP contribution < -0.4 is 5.32 Å². The molecule has 2 aliphatic rings. The third kappa shape index (κ3) is 2.21. The Morgan fingerprint density at radius 1 is 1.17 bits per heavy atom. The molecule has 1 aliphatic heterocycles. The summed E-state index contributed by atoms with van der Waals surface area (Å²) >= 11 is 0. The van der Waals surface area contributed by atoms with Crippen LogP contribution in [0.2, 0.25) is 0 Å². The van der Waals surface area contributed by atoms with E-state index in [1.54, 1.807) is 24.3 Å². The summed E-state index contributed by atoms with van der Waals surface area (Å²) in [7, 11) is 0. The fourth-order valence-corrected chi connectivity index (χ4v) is 3.87. The number of rotatable bonds is 3. The van der Waals surface area contributed by atoms with Crippen LogP contribution in [0.25, 0.3) is 0 Å². The molecular formula is C19H16N2O3. The Morgan fingerprint density at radius 2 is 1.96 bits per heavy atom. The lowest BCUT2D eigenvalue weighted by atomic mass is 9.76. The summed E-state index contributed by atoms with van der Waals surface area (Å²) < 4.78 is 0. The number of carbonyl (C=O) groups is 1.